The minimum absolute atomic E-state index is 0.0428. The van der Waals surface area contributed by atoms with E-state index in [2.05, 4.69) is 0 Å². The summed E-state index contributed by atoms with van der Waals surface area (Å²) in [6.07, 6.45) is 0. The number of halogens is 3. The number of benzene rings is 1. The third-order valence-electron chi connectivity index (χ3n) is 2.00. The van der Waals surface area contributed by atoms with Crippen LogP contribution in [0.5, 0.6) is 0 Å². The van der Waals surface area contributed by atoms with Crippen LogP contribution >= 0.6 is 34.8 Å². The summed E-state index contributed by atoms with van der Waals surface area (Å²) in [7, 11) is -4.09. The monoisotopic (exact) mass is 302 g/mol. The number of alkyl halides is 1. The van der Waals surface area contributed by atoms with Gasteiger partial charge in [-0.1, -0.05) is 29.3 Å². The smallest absolute Gasteiger partial charge is 0.265 e. The highest BCUT2D eigenvalue weighted by atomic mass is 35.5. The van der Waals surface area contributed by atoms with Crippen molar-refractivity contribution in [2.24, 2.45) is 0 Å². The van der Waals surface area contributed by atoms with Crippen molar-refractivity contribution in [1.29, 1.82) is 0 Å². The molecule has 1 N–H and O–H groups in total. The Kier molecular flexibility index (Phi) is 4.88. The maximum absolute atomic E-state index is 10.8. The van der Waals surface area contributed by atoms with Crippen molar-refractivity contribution in [2.75, 3.05) is 11.6 Å². The molecular weight excluding hydrogens is 295 g/mol. The number of hydrogen-bond donors (Lipinski definition) is 1. The van der Waals surface area contributed by atoms with Gasteiger partial charge in [-0.2, -0.15) is 8.42 Å². The molecule has 16 heavy (non-hydrogen) atoms. The SMILES string of the molecule is O=S(=O)(O)C[C@@H](CCl)c1ccc(Cl)cc1Cl. The summed E-state index contributed by atoms with van der Waals surface area (Å²) in [6, 6.07) is 4.69. The Morgan fingerprint density at radius 1 is 1.31 bits per heavy atom. The molecule has 0 aliphatic carbocycles. The van der Waals surface area contributed by atoms with Gasteiger partial charge in [-0.25, -0.2) is 0 Å². The summed E-state index contributed by atoms with van der Waals surface area (Å²) in [4.78, 5) is 0. The van der Waals surface area contributed by atoms with Crippen molar-refractivity contribution in [1.82, 2.24) is 0 Å². The van der Waals surface area contributed by atoms with E-state index in [-0.39, 0.29) is 5.88 Å². The molecule has 0 bridgehead atoms. The average molecular weight is 304 g/mol. The Morgan fingerprint density at radius 2 is 1.94 bits per heavy atom. The molecule has 1 atom stereocenters. The summed E-state index contributed by atoms with van der Waals surface area (Å²) >= 11 is 17.3. The minimum atomic E-state index is -4.09. The molecule has 0 aliphatic heterocycles. The standard InChI is InChI=1S/C9H9Cl3O3S/c10-4-6(5-16(13,14)15)8-2-1-7(11)3-9(8)12/h1-3,6H,4-5H2,(H,13,14,15)/t6-/m1/s1. The molecule has 0 saturated carbocycles. The van der Waals surface area contributed by atoms with E-state index in [0.29, 0.717) is 15.6 Å². The predicted octanol–water partition coefficient (Wildman–Crippen LogP) is 3.20. The average Bonchev–Trinajstić information content (AvgIpc) is 2.13. The molecule has 0 aliphatic rings. The second-order valence-electron chi connectivity index (χ2n) is 3.27. The minimum Gasteiger partial charge on any atom is -0.286 e. The molecule has 0 fully saturated rings. The van der Waals surface area contributed by atoms with Gasteiger partial charge in [-0.05, 0) is 17.7 Å². The van der Waals surface area contributed by atoms with Crippen molar-refractivity contribution in [3.05, 3.63) is 33.8 Å². The lowest BCUT2D eigenvalue weighted by atomic mass is 10.0. The summed E-state index contributed by atoms with van der Waals surface area (Å²) in [5.74, 6) is -0.972. The Morgan fingerprint density at radius 3 is 2.38 bits per heavy atom. The molecule has 1 aromatic carbocycles. The highest BCUT2D eigenvalue weighted by molar-refractivity contribution is 7.85. The van der Waals surface area contributed by atoms with Gasteiger partial charge in [0.2, 0.25) is 0 Å². The topological polar surface area (TPSA) is 54.4 Å². The van der Waals surface area contributed by atoms with E-state index in [1.807, 2.05) is 0 Å². The third-order valence-corrected chi connectivity index (χ3v) is 3.76. The van der Waals surface area contributed by atoms with Gasteiger partial charge in [0.1, 0.15) is 0 Å². The Balaban J connectivity index is 3.04. The molecule has 3 nitrogen and oxygen atoms in total. The second-order valence-corrected chi connectivity index (χ2v) is 5.92. The third kappa shape index (κ3) is 4.11. The summed E-state index contributed by atoms with van der Waals surface area (Å²) in [5.41, 5.74) is 0.554. The Bertz CT molecular complexity index is 473. The summed E-state index contributed by atoms with van der Waals surface area (Å²) in [5, 5.41) is 0.788. The van der Waals surface area contributed by atoms with Crippen LogP contribution in [0.2, 0.25) is 10.0 Å². The normalized spacial score (nSPS) is 13.8. The summed E-state index contributed by atoms with van der Waals surface area (Å²) < 4.78 is 30.3. The van der Waals surface area contributed by atoms with Crippen LogP contribution < -0.4 is 0 Å². The van der Waals surface area contributed by atoms with Crippen LogP contribution in [0.15, 0.2) is 18.2 Å². The van der Waals surface area contributed by atoms with Crippen molar-refractivity contribution in [3.63, 3.8) is 0 Å². The van der Waals surface area contributed by atoms with E-state index in [4.69, 9.17) is 39.4 Å². The van der Waals surface area contributed by atoms with Gasteiger partial charge in [-0.15, -0.1) is 11.6 Å². The van der Waals surface area contributed by atoms with E-state index in [9.17, 15) is 8.42 Å². The molecule has 0 saturated heterocycles. The molecule has 1 rings (SSSR count). The summed E-state index contributed by atoms with van der Waals surface area (Å²) in [6.45, 7) is 0. The molecule has 90 valence electrons. The zero-order chi connectivity index (χ0) is 12.3. The van der Waals surface area contributed by atoms with Gasteiger partial charge >= 0.3 is 0 Å². The number of hydrogen-bond acceptors (Lipinski definition) is 2. The highest BCUT2D eigenvalue weighted by Gasteiger charge is 2.20. The van der Waals surface area contributed by atoms with Crippen LogP contribution in [0.1, 0.15) is 11.5 Å². The van der Waals surface area contributed by atoms with Crippen LogP contribution in [-0.2, 0) is 10.1 Å². The van der Waals surface area contributed by atoms with Crippen molar-refractivity contribution < 1.29 is 13.0 Å². The van der Waals surface area contributed by atoms with Crippen LogP contribution in [0.3, 0.4) is 0 Å². The van der Waals surface area contributed by atoms with Gasteiger partial charge in [0, 0.05) is 21.8 Å². The maximum Gasteiger partial charge on any atom is 0.265 e. The molecule has 0 unspecified atom stereocenters. The first kappa shape index (κ1) is 14.1. The van der Waals surface area contributed by atoms with E-state index < -0.39 is 21.8 Å². The van der Waals surface area contributed by atoms with E-state index >= 15 is 0 Å². The lowest BCUT2D eigenvalue weighted by molar-refractivity contribution is 0.479. The predicted molar refractivity (Wildman–Crippen MR) is 66.3 cm³/mol. The van der Waals surface area contributed by atoms with Crippen LogP contribution in [0.4, 0.5) is 0 Å². The quantitative estimate of drug-likeness (QED) is 0.686. The maximum atomic E-state index is 10.8. The van der Waals surface area contributed by atoms with Crippen molar-refractivity contribution in [2.45, 2.75) is 5.92 Å². The van der Waals surface area contributed by atoms with E-state index in [1.165, 1.54) is 6.07 Å². The molecule has 0 radical (unpaired) electrons. The molecule has 0 amide bonds. The lowest BCUT2D eigenvalue weighted by Crippen LogP contribution is -2.15. The zero-order valence-electron chi connectivity index (χ0n) is 8.03. The van der Waals surface area contributed by atoms with Crippen LogP contribution in [-0.4, -0.2) is 24.6 Å². The van der Waals surface area contributed by atoms with Crippen LogP contribution in [0.25, 0.3) is 0 Å². The first-order valence-electron chi connectivity index (χ1n) is 4.29. The molecular formula is C9H9Cl3O3S. The highest BCUT2D eigenvalue weighted by Crippen LogP contribution is 2.29. The molecule has 0 spiro atoms. The molecule has 1 aromatic rings. The fourth-order valence-corrected chi connectivity index (χ4v) is 3.08. The molecule has 0 heterocycles. The van der Waals surface area contributed by atoms with E-state index in [1.54, 1.807) is 12.1 Å². The lowest BCUT2D eigenvalue weighted by Gasteiger charge is -2.14. The van der Waals surface area contributed by atoms with Gasteiger partial charge in [0.25, 0.3) is 10.1 Å². The van der Waals surface area contributed by atoms with Crippen molar-refractivity contribution >= 4 is 44.9 Å². The first-order valence-corrected chi connectivity index (χ1v) is 7.19. The van der Waals surface area contributed by atoms with E-state index in [0.717, 1.165) is 0 Å². The zero-order valence-corrected chi connectivity index (χ0v) is 11.1. The Hall–Kier alpha value is -0.000000000000000111. The molecule has 0 aromatic heterocycles. The Labute approximate surface area is 109 Å². The van der Waals surface area contributed by atoms with Crippen LogP contribution in [0, 0.1) is 0 Å². The van der Waals surface area contributed by atoms with Gasteiger partial charge in [-0.3, -0.25) is 4.55 Å². The van der Waals surface area contributed by atoms with Gasteiger partial charge < -0.3 is 0 Å². The molecule has 7 heteroatoms. The largest absolute Gasteiger partial charge is 0.286 e. The fraction of sp³-hybridized carbons (Fsp3) is 0.333. The number of rotatable bonds is 4. The fourth-order valence-electron chi connectivity index (χ4n) is 1.30. The van der Waals surface area contributed by atoms with Crippen molar-refractivity contribution in [3.8, 4) is 0 Å². The van der Waals surface area contributed by atoms with Gasteiger partial charge in [0.05, 0.1) is 5.75 Å². The first-order chi connectivity index (χ1) is 7.33. The second kappa shape index (κ2) is 5.56. The van der Waals surface area contributed by atoms with Gasteiger partial charge in [0.15, 0.2) is 0 Å².